The van der Waals surface area contributed by atoms with Crippen LogP contribution in [-0.2, 0) is 4.79 Å². The molecule has 3 heteroatoms. The SMILES string of the molecule is CC(C)C(C)N(C)C(C(=O)O)C1CC1. The molecule has 1 fully saturated rings. The van der Waals surface area contributed by atoms with E-state index in [2.05, 4.69) is 20.8 Å². The minimum absolute atomic E-state index is 0.271. The molecule has 2 unspecified atom stereocenters. The van der Waals surface area contributed by atoms with Crippen LogP contribution in [0.1, 0.15) is 33.6 Å². The van der Waals surface area contributed by atoms with Crippen LogP contribution in [0.15, 0.2) is 0 Å². The number of carbonyl (C=O) groups is 1. The highest BCUT2D eigenvalue weighted by molar-refractivity contribution is 5.74. The van der Waals surface area contributed by atoms with Crippen molar-refractivity contribution in [2.45, 2.75) is 45.7 Å². The number of hydrogen-bond donors (Lipinski definition) is 1. The third kappa shape index (κ3) is 2.47. The summed E-state index contributed by atoms with van der Waals surface area (Å²) in [5.74, 6) is 0.224. The fourth-order valence-corrected chi connectivity index (χ4v) is 1.84. The molecule has 0 aromatic heterocycles. The Morgan fingerprint density at radius 3 is 2.14 bits per heavy atom. The fourth-order valence-electron chi connectivity index (χ4n) is 1.84. The second-order valence-corrected chi connectivity index (χ2v) is 4.77. The Morgan fingerprint density at radius 1 is 1.36 bits per heavy atom. The topological polar surface area (TPSA) is 40.5 Å². The Hall–Kier alpha value is -0.570. The maximum atomic E-state index is 11.1. The molecule has 0 aromatic rings. The lowest BCUT2D eigenvalue weighted by Gasteiger charge is -2.32. The van der Waals surface area contributed by atoms with Gasteiger partial charge >= 0.3 is 5.97 Å². The van der Waals surface area contributed by atoms with Gasteiger partial charge in [0, 0.05) is 6.04 Å². The van der Waals surface area contributed by atoms with Crippen LogP contribution in [0.4, 0.5) is 0 Å². The van der Waals surface area contributed by atoms with Gasteiger partial charge in [0.25, 0.3) is 0 Å². The Balaban J connectivity index is 2.62. The molecule has 1 aliphatic rings. The summed E-state index contributed by atoms with van der Waals surface area (Å²) in [7, 11) is 1.93. The van der Waals surface area contributed by atoms with Crippen molar-refractivity contribution in [3.05, 3.63) is 0 Å². The molecule has 1 N–H and O–H groups in total. The van der Waals surface area contributed by atoms with E-state index in [0.29, 0.717) is 17.9 Å². The maximum absolute atomic E-state index is 11.1. The van der Waals surface area contributed by atoms with Crippen molar-refractivity contribution in [3.8, 4) is 0 Å². The van der Waals surface area contributed by atoms with Crippen LogP contribution in [0.2, 0.25) is 0 Å². The van der Waals surface area contributed by atoms with Crippen LogP contribution in [0, 0.1) is 11.8 Å². The van der Waals surface area contributed by atoms with E-state index in [9.17, 15) is 4.79 Å². The summed E-state index contributed by atoms with van der Waals surface area (Å²) in [4.78, 5) is 13.1. The van der Waals surface area contributed by atoms with E-state index in [1.54, 1.807) is 0 Å². The van der Waals surface area contributed by atoms with Crippen LogP contribution in [0.25, 0.3) is 0 Å². The van der Waals surface area contributed by atoms with E-state index < -0.39 is 5.97 Å². The number of rotatable bonds is 5. The number of carboxylic acid groups (broad SMARTS) is 1. The molecule has 0 heterocycles. The lowest BCUT2D eigenvalue weighted by Crippen LogP contribution is -2.46. The molecule has 0 bridgehead atoms. The molecule has 0 aliphatic heterocycles. The Labute approximate surface area is 86.1 Å². The van der Waals surface area contributed by atoms with Gasteiger partial charge in [-0.2, -0.15) is 0 Å². The first-order valence-electron chi connectivity index (χ1n) is 5.40. The molecule has 1 aliphatic carbocycles. The first-order chi connectivity index (χ1) is 6.45. The molecule has 2 atom stereocenters. The molecular weight excluding hydrogens is 178 g/mol. The zero-order chi connectivity index (χ0) is 10.9. The molecule has 0 radical (unpaired) electrons. The zero-order valence-corrected chi connectivity index (χ0v) is 9.53. The fraction of sp³-hybridized carbons (Fsp3) is 0.909. The monoisotopic (exact) mass is 199 g/mol. The average Bonchev–Trinajstić information content (AvgIpc) is 2.86. The first-order valence-corrected chi connectivity index (χ1v) is 5.40. The van der Waals surface area contributed by atoms with Crippen molar-refractivity contribution < 1.29 is 9.90 Å². The van der Waals surface area contributed by atoms with Gasteiger partial charge in [-0.15, -0.1) is 0 Å². The summed E-state index contributed by atoms with van der Waals surface area (Å²) in [5.41, 5.74) is 0. The van der Waals surface area contributed by atoms with Crippen molar-refractivity contribution in [2.75, 3.05) is 7.05 Å². The van der Waals surface area contributed by atoms with E-state index in [1.807, 2.05) is 11.9 Å². The molecule has 1 saturated carbocycles. The van der Waals surface area contributed by atoms with Crippen molar-refractivity contribution in [2.24, 2.45) is 11.8 Å². The van der Waals surface area contributed by atoms with E-state index in [1.165, 1.54) is 0 Å². The Kier molecular flexibility index (Phi) is 3.53. The van der Waals surface area contributed by atoms with E-state index >= 15 is 0 Å². The van der Waals surface area contributed by atoms with E-state index in [4.69, 9.17) is 5.11 Å². The van der Waals surface area contributed by atoms with Gasteiger partial charge in [-0.1, -0.05) is 13.8 Å². The third-order valence-electron chi connectivity index (χ3n) is 3.37. The van der Waals surface area contributed by atoms with Crippen molar-refractivity contribution in [3.63, 3.8) is 0 Å². The number of aliphatic carboxylic acids is 1. The Morgan fingerprint density at radius 2 is 1.86 bits per heavy atom. The van der Waals surface area contributed by atoms with Gasteiger partial charge in [-0.25, -0.2) is 0 Å². The second kappa shape index (κ2) is 4.30. The summed E-state index contributed by atoms with van der Waals surface area (Å²) in [5, 5.41) is 9.14. The number of hydrogen-bond acceptors (Lipinski definition) is 2. The summed E-state index contributed by atoms with van der Waals surface area (Å²) >= 11 is 0. The number of carboxylic acids is 1. The van der Waals surface area contributed by atoms with Gasteiger partial charge in [0.15, 0.2) is 0 Å². The molecule has 0 amide bonds. The van der Waals surface area contributed by atoms with Crippen LogP contribution in [0.5, 0.6) is 0 Å². The van der Waals surface area contributed by atoms with Crippen molar-refractivity contribution >= 4 is 5.97 Å². The summed E-state index contributed by atoms with van der Waals surface area (Å²) in [6.07, 6.45) is 2.15. The summed E-state index contributed by atoms with van der Waals surface area (Å²) in [6, 6.07) is 0.0594. The minimum atomic E-state index is -0.664. The second-order valence-electron chi connectivity index (χ2n) is 4.77. The van der Waals surface area contributed by atoms with Gasteiger partial charge in [0.2, 0.25) is 0 Å². The normalized spacial score (nSPS) is 21.3. The molecule has 82 valence electrons. The number of nitrogens with zero attached hydrogens (tertiary/aromatic N) is 1. The highest BCUT2D eigenvalue weighted by Crippen LogP contribution is 2.36. The smallest absolute Gasteiger partial charge is 0.321 e. The quantitative estimate of drug-likeness (QED) is 0.734. The van der Waals surface area contributed by atoms with Crippen LogP contribution in [0.3, 0.4) is 0 Å². The van der Waals surface area contributed by atoms with Gasteiger partial charge < -0.3 is 5.11 Å². The molecule has 0 spiro atoms. The van der Waals surface area contributed by atoms with Crippen molar-refractivity contribution in [1.82, 2.24) is 4.90 Å². The van der Waals surface area contributed by atoms with Gasteiger partial charge in [0.05, 0.1) is 0 Å². The largest absolute Gasteiger partial charge is 0.480 e. The average molecular weight is 199 g/mol. The summed E-state index contributed by atoms with van der Waals surface area (Å²) in [6.45, 7) is 6.36. The van der Waals surface area contributed by atoms with E-state index in [0.717, 1.165) is 12.8 Å². The predicted molar refractivity (Wildman–Crippen MR) is 56.2 cm³/mol. The van der Waals surface area contributed by atoms with Gasteiger partial charge in [-0.05, 0) is 38.6 Å². The van der Waals surface area contributed by atoms with Gasteiger partial charge in [-0.3, -0.25) is 9.69 Å². The molecule has 1 rings (SSSR count). The van der Waals surface area contributed by atoms with Crippen LogP contribution in [-0.4, -0.2) is 35.1 Å². The molecule has 0 aromatic carbocycles. The highest BCUT2D eigenvalue weighted by atomic mass is 16.4. The lowest BCUT2D eigenvalue weighted by atomic mass is 10.0. The molecule has 14 heavy (non-hydrogen) atoms. The van der Waals surface area contributed by atoms with Crippen LogP contribution >= 0.6 is 0 Å². The summed E-state index contributed by atoms with van der Waals surface area (Å²) < 4.78 is 0. The highest BCUT2D eigenvalue weighted by Gasteiger charge is 2.40. The Bertz CT molecular complexity index is 211. The van der Waals surface area contributed by atoms with Gasteiger partial charge in [0.1, 0.15) is 6.04 Å². The van der Waals surface area contributed by atoms with Crippen molar-refractivity contribution in [1.29, 1.82) is 0 Å². The molecule has 0 saturated heterocycles. The lowest BCUT2D eigenvalue weighted by molar-refractivity contribution is -0.144. The third-order valence-corrected chi connectivity index (χ3v) is 3.37. The van der Waals surface area contributed by atoms with Crippen LogP contribution < -0.4 is 0 Å². The van der Waals surface area contributed by atoms with E-state index in [-0.39, 0.29) is 6.04 Å². The zero-order valence-electron chi connectivity index (χ0n) is 9.53. The maximum Gasteiger partial charge on any atom is 0.321 e. The minimum Gasteiger partial charge on any atom is -0.480 e. The predicted octanol–water partition coefficient (Wildman–Crippen LogP) is 1.83. The molecular formula is C11H21NO2. The first kappa shape index (κ1) is 11.5. The molecule has 3 nitrogen and oxygen atoms in total. The number of likely N-dealkylation sites (N-methyl/N-ethyl adjacent to an activating group) is 1. The standard InChI is InChI=1S/C11H21NO2/c1-7(2)8(3)12(4)10(11(13)14)9-5-6-9/h7-10H,5-6H2,1-4H3,(H,13,14).